The summed E-state index contributed by atoms with van der Waals surface area (Å²) in [4.78, 5) is 33.2. The highest BCUT2D eigenvalue weighted by Gasteiger charge is 2.26. The Hall–Kier alpha value is -1.90. The van der Waals surface area contributed by atoms with Crippen LogP contribution in [0.4, 0.5) is 0 Å². The van der Waals surface area contributed by atoms with Gasteiger partial charge in [0.2, 0.25) is 11.8 Å². The van der Waals surface area contributed by atoms with Gasteiger partial charge in [-0.25, -0.2) is 4.98 Å². The van der Waals surface area contributed by atoms with E-state index in [1.165, 1.54) is 11.3 Å². The number of nitrogens with one attached hydrogen (secondary N) is 1. The van der Waals surface area contributed by atoms with Gasteiger partial charge in [-0.15, -0.1) is 11.3 Å². The summed E-state index contributed by atoms with van der Waals surface area (Å²) in [6.07, 6.45) is 7.34. The number of aromatic nitrogens is 2. The third kappa shape index (κ3) is 3.92. The van der Waals surface area contributed by atoms with Gasteiger partial charge in [0.1, 0.15) is 0 Å². The van der Waals surface area contributed by atoms with Crippen LogP contribution in [0.15, 0.2) is 17.7 Å². The molecule has 9 heteroatoms. The van der Waals surface area contributed by atoms with Crippen LogP contribution in [0.5, 0.6) is 0 Å². The molecular weight excluding hydrogens is 374 g/mol. The van der Waals surface area contributed by atoms with Crippen molar-refractivity contribution in [1.29, 1.82) is 0 Å². The molecule has 1 saturated carbocycles. The Labute approximate surface area is 160 Å². The zero-order chi connectivity index (χ0) is 18.1. The van der Waals surface area contributed by atoms with E-state index in [2.05, 4.69) is 15.2 Å². The molecule has 7 nitrogen and oxygen atoms in total. The minimum Gasteiger partial charge on any atom is -0.352 e. The molecule has 0 aromatic carbocycles. The van der Waals surface area contributed by atoms with Crippen molar-refractivity contribution in [2.45, 2.75) is 18.9 Å². The maximum atomic E-state index is 12.4. The molecule has 1 saturated heterocycles. The number of carbonyl (C=O) groups is 2. The summed E-state index contributed by atoms with van der Waals surface area (Å²) in [5.74, 6) is 0.0376. The van der Waals surface area contributed by atoms with Gasteiger partial charge in [-0.1, -0.05) is 11.6 Å². The van der Waals surface area contributed by atoms with Gasteiger partial charge < -0.3 is 10.2 Å². The standard InChI is InChI=1S/C17H20ClN5O2S/c18-16-13(23-9-10-26-17(23)20-16)3-4-15(25)22-7-5-21(6-8-22)11-14(24)19-12-1-2-12/h3-4,9-10,12H,1-2,5-8,11H2,(H,19,24)/b4-3+. The molecule has 138 valence electrons. The number of hydrogen-bond donors (Lipinski definition) is 1. The van der Waals surface area contributed by atoms with Gasteiger partial charge in [0.25, 0.3) is 0 Å². The number of carbonyl (C=O) groups excluding carboxylic acids is 2. The van der Waals surface area contributed by atoms with Crippen molar-refractivity contribution < 1.29 is 9.59 Å². The molecule has 2 fully saturated rings. The van der Waals surface area contributed by atoms with E-state index in [9.17, 15) is 9.59 Å². The minimum absolute atomic E-state index is 0.0478. The van der Waals surface area contributed by atoms with Crippen LogP contribution >= 0.6 is 22.9 Å². The quantitative estimate of drug-likeness (QED) is 0.781. The molecule has 4 rings (SSSR count). The average molecular weight is 394 g/mol. The van der Waals surface area contributed by atoms with Crippen LogP contribution in [-0.2, 0) is 9.59 Å². The maximum absolute atomic E-state index is 12.4. The van der Waals surface area contributed by atoms with Crippen LogP contribution in [0.1, 0.15) is 18.5 Å². The average Bonchev–Trinajstić information content (AvgIpc) is 3.22. The molecule has 3 heterocycles. The Morgan fingerprint density at radius 3 is 2.81 bits per heavy atom. The predicted molar refractivity (Wildman–Crippen MR) is 101 cm³/mol. The van der Waals surface area contributed by atoms with Gasteiger partial charge in [-0.2, -0.15) is 0 Å². The highest BCUT2D eigenvalue weighted by atomic mass is 35.5. The lowest BCUT2D eigenvalue weighted by atomic mass is 10.3. The Morgan fingerprint density at radius 2 is 2.08 bits per heavy atom. The van der Waals surface area contributed by atoms with E-state index in [0.29, 0.717) is 49.6 Å². The number of amides is 2. The summed E-state index contributed by atoms with van der Waals surface area (Å²) in [6, 6.07) is 0.389. The second kappa shape index (κ2) is 7.38. The van der Waals surface area contributed by atoms with Gasteiger partial charge in [0.05, 0.1) is 12.2 Å². The van der Waals surface area contributed by atoms with E-state index in [1.54, 1.807) is 17.1 Å². The third-order valence-electron chi connectivity index (χ3n) is 4.63. The van der Waals surface area contributed by atoms with Crippen molar-refractivity contribution in [2.75, 3.05) is 32.7 Å². The first-order valence-corrected chi connectivity index (χ1v) is 9.95. The number of hydrogen-bond acceptors (Lipinski definition) is 5. The first-order chi connectivity index (χ1) is 12.6. The summed E-state index contributed by atoms with van der Waals surface area (Å²) in [6.45, 7) is 3.07. The fraction of sp³-hybridized carbons (Fsp3) is 0.471. The highest BCUT2D eigenvalue weighted by Crippen LogP contribution is 2.22. The lowest BCUT2D eigenvalue weighted by Gasteiger charge is -2.33. The number of fused-ring (bicyclic) bond motifs is 1. The van der Waals surface area contributed by atoms with Gasteiger partial charge in [0.15, 0.2) is 10.1 Å². The summed E-state index contributed by atoms with van der Waals surface area (Å²) in [5, 5.41) is 5.32. The smallest absolute Gasteiger partial charge is 0.246 e. The van der Waals surface area contributed by atoms with Crippen molar-refractivity contribution >= 4 is 45.8 Å². The summed E-state index contributed by atoms with van der Waals surface area (Å²) in [7, 11) is 0. The molecule has 26 heavy (non-hydrogen) atoms. The molecule has 0 radical (unpaired) electrons. The summed E-state index contributed by atoms with van der Waals surface area (Å²) < 4.78 is 1.87. The molecule has 1 N–H and O–H groups in total. The van der Waals surface area contributed by atoms with Crippen LogP contribution < -0.4 is 5.32 Å². The Morgan fingerprint density at radius 1 is 1.31 bits per heavy atom. The molecule has 2 amide bonds. The molecule has 2 aliphatic rings. The van der Waals surface area contributed by atoms with Crippen molar-refractivity contribution in [3.63, 3.8) is 0 Å². The molecular formula is C17H20ClN5O2S. The number of rotatable bonds is 5. The molecule has 2 aromatic rings. The Kier molecular flexibility index (Phi) is 4.97. The molecule has 0 bridgehead atoms. The molecule has 1 aliphatic carbocycles. The predicted octanol–water partition coefficient (Wildman–Crippen LogP) is 1.49. The Bertz CT molecular complexity index is 849. The topological polar surface area (TPSA) is 70.0 Å². The monoisotopic (exact) mass is 393 g/mol. The van der Waals surface area contributed by atoms with Crippen LogP contribution in [0.25, 0.3) is 11.0 Å². The highest BCUT2D eigenvalue weighted by molar-refractivity contribution is 7.15. The SMILES string of the molecule is O=C(CN1CCN(C(=O)/C=C/c2c(Cl)nc3sccn23)CC1)NC1CC1. The molecule has 0 unspecified atom stereocenters. The van der Waals surface area contributed by atoms with Gasteiger partial charge in [-0.05, 0) is 18.9 Å². The fourth-order valence-electron chi connectivity index (χ4n) is 3.01. The maximum Gasteiger partial charge on any atom is 0.246 e. The van der Waals surface area contributed by atoms with Crippen molar-refractivity contribution in [2.24, 2.45) is 0 Å². The van der Waals surface area contributed by atoms with E-state index in [-0.39, 0.29) is 11.8 Å². The fourth-order valence-corrected chi connectivity index (χ4v) is 4.02. The van der Waals surface area contributed by atoms with Gasteiger partial charge in [-0.3, -0.25) is 18.9 Å². The van der Waals surface area contributed by atoms with Crippen LogP contribution in [-0.4, -0.2) is 69.8 Å². The summed E-state index contributed by atoms with van der Waals surface area (Å²) >= 11 is 7.64. The number of imidazole rings is 1. The largest absolute Gasteiger partial charge is 0.352 e. The first-order valence-electron chi connectivity index (χ1n) is 8.70. The van der Waals surface area contributed by atoms with E-state index in [0.717, 1.165) is 17.8 Å². The van der Waals surface area contributed by atoms with Crippen molar-refractivity contribution in [3.8, 4) is 0 Å². The molecule has 1 aliphatic heterocycles. The zero-order valence-electron chi connectivity index (χ0n) is 14.2. The normalized spacial score (nSPS) is 18.7. The number of thiazole rings is 1. The van der Waals surface area contributed by atoms with Crippen molar-refractivity contribution in [3.05, 3.63) is 28.5 Å². The minimum atomic E-state index is -0.0478. The lowest BCUT2D eigenvalue weighted by molar-refractivity contribution is -0.128. The number of halogens is 1. The lowest BCUT2D eigenvalue weighted by Crippen LogP contribution is -2.51. The van der Waals surface area contributed by atoms with Crippen molar-refractivity contribution in [1.82, 2.24) is 24.5 Å². The second-order valence-electron chi connectivity index (χ2n) is 6.62. The van der Waals surface area contributed by atoms with E-state index < -0.39 is 0 Å². The van der Waals surface area contributed by atoms with Gasteiger partial charge in [0, 0.05) is 49.9 Å². The molecule has 2 aromatic heterocycles. The first kappa shape index (κ1) is 17.5. The molecule has 0 spiro atoms. The Balaban J connectivity index is 1.30. The van der Waals surface area contributed by atoms with Gasteiger partial charge >= 0.3 is 0 Å². The van der Waals surface area contributed by atoms with E-state index in [4.69, 9.17) is 11.6 Å². The zero-order valence-corrected chi connectivity index (χ0v) is 15.8. The molecule has 0 atom stereocenters. The van der Waals surface area contributed by atoms with Crippen LogP contribution in [0.2, 0.25) is 5.15 Å². The van der Waals surface area contributed by atoms with E-state index in [1.807, 2.05) is 16.0 Å². The third-order valence-corrected chi connectivity index (χ3v) is 5.67. The second-order valence-corrected chi connectivity index (χ2v) is 7.85. The van der Waals surface area contributed by atoms with Crippen LogP contribution in [0.3, 0.4) is 0 Å². The number of nitrogens with zero attached hydrogens (tertiary/aromatic N) is 4. The summed E-state index contributed by atoms with van der Waals surface area (Å²) in [5.41, 5.74) is 0.714. The number of piperazine rings is 1. The van der Waals surface area contributed by atoms with E-state index >= 15 is 0 Å². The van der Waals surface area contributed by atoms with Crippen LogP contribution in [0, 0.1) is 0 Å².